The summed E-state index contributed by atoms with van der Waals surface area (Å²) in [5.74, 6) is -1.30. The Kier molecular flexibility index (Phi) is 5.75. The SMILES string of the molecule is COC(=O)c1cc2n(n1)CC(C)(C(=O)NC1CCCCC1)N(c1ccc(Cl)cc1)C2=O. The number of hydrogen-bond donors (Lipinski definition) is 1. The van der Waals surface area contributed by atoms with Crippen molar-refractivity contribution in [3.63, 3.8) is 0 Å². The smallest absolute Gasteiger partial charge is 0.358 e. The van der Waals surface area contributed by atoms with Crippen LogP contribution in [-0.4, -0.2) is 46.3 Å². The van der Waals surface area contributed by atoms with Crippen molar-refractivity contribution in [3.8, 4) is 0 Å². The Morgan fingerprint density at radius 3 is 2.52 bits per heavy atom. The van der Waals surface area contributed by atoms with Gasteiger partial charge in [0.15, 0.2) is 5.69 Å². The molecule has 31 heavy (non-hydrogen) atoms. The predicted molar refractivity (Wildman–Crippen MR) is 115 cm³/mol. The zero-order valence-electron chi connectivity index (χ0n) is 17.6. The van der Waals surface area contributed by atoms with Crippen LogP contribution in [0.1, 0.15) is 60.0 Å². The molecule has 2 amide bonds. The lowest BCUT2D eigenvalue weighted by molar-refractivity contribution is -0.127. The topological polar surface area (TPSA) is 93.5 Å². The van der Waals surface area contributed by atoms with Gasteiger partial charge in [-0.05, 0) is 44.0 Å². The van der Waals surface area contributed by atoms with Crippen LogP contribution in [0.25, 0.3) is 0 Å². The maximum absolute atomic E-state index is 13.5. The van der Waals surface area contributed by atoms with Crippen molar-refractivity contribution in [2.24, 2.45) is 0 Å². The third-order valence-corrected chi connectivity index (χ3v) is 6.31. The van der Waals surface area contributed by atoms with Crippen LogP contribution in [0.4, 0.5) is 5.69 Å². The number of nitrogens with one attached hydrogen (secondary N) is 1. The second-order valence-corrected chi connectivity index (χ2v) is 8.70. The molecule has 2 aliphatic rings. The van der Waals surface area contributed by atoms with Gasteiger partial charge in [0.2, 0.25) is 5.91 Å². The zero-order valence-corrected chi connectivity index (χ0v) is 18.3. The Morgan fingerprint density at radius 1 is 1.19 bits per heavy atom. The van der Waals surface area contributed by atoms with E-state index < -0.39 is 17.4 Å². The standard InChI is InChI=1S/C22H25ClN4O4/c1-22(21(30)24-15-6-4-3-5-7-15)13-26-18(12-17(25-26)20(29)31-2)19(28)27(22)16-10-8-14(23)9-11-16/h8-12,15H,3-7,13H2,1-2H3,(H,24,30). The molecule has 1 fully saturated rings. The molecule has 1 aliphatic heterocycles. The number of aromatic nitrogens is 2. The number of halogens is 1. The van der Waals surface area contributed by atoms with Gasteiger partial charge in [0, 0.05) is 22.8 Å². The van der Waals surface area contributed by atoms with Crippen molar-refractivity contribution < 1.29 is 19.1 Å². The van der Waals surface area contributed by atoms with Gasteiger partial charge in [0.05, 0.1) is 13.7 Å². The maximum atomic E-state index is 13.5. The van der Waals surface area contributed by atoms with Crippen LogP contribution >= 0.6 is 11.6 Å². The third kappa shape index (κ3) is 3.92. The molecule has 2 aromatic rings. The molecule has 1 atom stereocenters. The van der Waals surface area contributed by atoms with Gasteiger partial charge in [0.25, 0.3) is 5.91 Å². The summed E-state index contributed by atoms with van der Waals surface area (Å²) in [6.07, 6.45) is 5.18. The van der Waals surface area contributed by atoms with E-state index in [0.29, 0.717) is 10.7 Å². The minimum atomic E-state index is -1.24. The first-order chi connectivity index (χ1) is 14.8. The average Bonchev–Trinajstić information content (AvgIpc) is 3.19. The fourth-order valence-electron chi connectivity index (χ4n) is 4.37. The average molecular weight is 445 g/mol. The fraction of sp³-hybridized carbons (Fsp3) is 0.455. The van der Waals surface area contributed by atoms with E-state index in [9.17, 15) is 14.4 Å². The van der Waals surface area contributed by atoms with Crippen LogP contribution in [0, 0.1) is 0 Å². The molecule has 0 radical (unpaired) electrons. The lowest BCUT2D eigenvalue weighted by Crippen LogP contribution is -2.65. The first kappa shape index (κ1) is 21.4. The normalized spacial score (nSPS) is 21.5. The highest BCUT2D eigenvalue weighted by Gasteiger charge is 2.49. The Morgan fingerprint density at radius 2 is 1.87 bits per heavy atom. The summed E-state index contributed by atoms with van der Waals surface area (Å²) in [5, 5.41) is 7.90. The van der Waals surface area contributed by atoms with Crippen molar-refractivity contribution in [3.05, 3.63) is 46.7 Å². The van der Waals surface area contributed by atoms with Gasteiger partial charge in [-0.2, -0.15) is 5.10 Å². The molecule has 1 aromatic heterocycles. The quantitative estimate of drug-likeness (QED) is 0.731. The molecule has 164 valence electrons. The number of fused-ring (bicyclic) bond motifs is 1. The lowest BCUT2D eigenvalue weighted by atomic mass is 9.91. The fourth-order valence-corrected chi connectivity index (χ4v) is 4.49. The zero-order chi connectivity index (χ0) is 22.2. The van der Waals surface area contributed by atoms with E-state index in [2.05, 4.69) is 10.4 Å². The molecule has 1 saturated carbocycles. The molecule has 1 N–H and O–H groups in total. The molecule has 1 aliphatic carbocycles. The Balaban J connectivity index is 1.75. The number of carbonyl (C=O) groups is 3. The second-order valence-electron chi connectivity index (χ2n) is 8.26. The third-order valence-electron chi connectivity index (χ3n) is 6.06. The molecule has 1 unspecified atom stereocenters. The van der Waals surface area contributed by atoms with Gasteiger partial charge in [0.1, 0.15) is 11.2 Å². The summed E-state index contributed by atoms with van der Waals surface area (Å²) in [4.78, 5) is 40.5. The van der Waals surface area contributed by atoms with Gasteiger partial charge < -0.3 is 10.1 Å². The molecule has 0 spiro atoms. The number of rotatable bonds is 4. The van der Waals surface area contributed by atoms with Crippen molar-refractivity contribution in [2.45, 2.75) is 57.2 Å². The van der Waals surface area contributed by atoms with Crippen molar-refractivity contribution in [2.75, 3.05) is 12.0 Å². The van der Waals surface area contributed by atoms with Crippen LogP contribution in [0.2, 0.25) is 5.02 Å². The van der Waals surface area contributed by atoms with Crippen molar-refractivity contribution >= 4 is 35.1 Å². The molecule has 8 nitrogen and oxygen atoms in total. The van der Waals surface area contributed by atoms with Crippen LogP contribution in [0.5, 0.6) is 0 Å². The van der Waals surface area contributed by atoms with Gasteiger partial charge in [-0.3, -0.25) is 19.2 Å². The van der Waals surface area contributed by atoms with E-state index >= 15 is 0 Å². The van der Waals surface area contributed by atoms with Crippen LogP contribution in [0.15, 0.2) is 30.3 Å². The number of nitrogens with zero attached hydrogens (tertiary/aromatic N) is 3. The van der Waals surface area contributed by atoms with Crippen LogP contribution in [0.3, 0.4) is 0 Å². The summed E-state index contributed by atoms with van der Waals surface area (Å²) in [6, 6.07) is 8.25. The minimum absolute atomic E-state index is 0.0267. The highest BCUT2D eigenvalue weighted by molar-refractivity contribution is 6.30. The summed E-state index contributed by atoms with van der Waals surface area (Å²) >= 11 is 6.04. The van der Waals surface area contributed by atoms with Crippen LogP contribution in [-0.2, 0) is 16.1 Å². The molecule has 0 bridgehead atoms. The molecule has 2 heterocycles. The largest absolute Gasteiger partial charge is 0.464 e. The summed E-state index contributed by atoms with van der Waals surface area (Å²) in [6.45, 7) is 1.83. The van der Waals surface area contributed by atoms with E-state index in [0.717, 1.165) is 25.7 Å². The molecular formula is C22H25ClN4O4. The van der Waals surface area contributed by atoms with E-state index in [1.807, 2.05) is 0 Å². The molecular weight excluding hydrogens is 420 g/mol. The van der Waals surface area contributed by atoms with Gasteiger partial charge in [-0.15, -0.1) is 0 Å². The molecule has 1 aromatic carbocycles. The Hall–Kier alpha value is -2.87. The first-order valence-electron chi connectivity index (χ1n) is 10.4. The highest BCUT2D eigenvalue weighted by Crippen LogP contribution is 2.34. The number of carbonyl (C=O) groups excluding carboxylic acids is 3. The van der Waals surface area contributed by atoms with Gasteiger partial charge >= 0.3 is 5.97 Å². The van der Waals surface area contributed by atoms with E-state index in [1.165, 1.54) is 29.2 Å². The number of amides is 2. The lowest BCUT2D eigenvalue weighted by Gasteiger charge is -2.44. The molecule has 0 saturated heterocycles. The first-order valence-corrected chi connectivity index (χ1v) is 10.8. The number of methoxy groups -OCH3 is 1. The molecule has 4 rings (SSSR count). The molecule has 9 heteroatoms. The van der Waals surface area contributed by atoms with E-state index in [1.54, 1.807) is 31.2 Å². The predicted octanol–water partition coefficient (Wildman–Crippen LogP) is 3.19. The number of esters is 1. The summed E-state index contributed by atoms with van der Waals surface area (Å²) in [5.41, 5.74) is -0.450. The van der Waals surface area contributed by atoms with Gasteiger partial charge in [-0.1, -0.05) is 30.9 Å². The maximum Gasteiger partial charge on any atom is 0.358 e. The summed E-state index contributed by atoms with van der Waals surface area (Å²) in [7, 11) is 1.25. The Labute approximate surface area is 185 Å². The number of anilines is 1. The number of hydrogen-bond acceptors (Lipinski definition) is 5. The van der Waals surface area contributed by atoms with Crippen LogP contribution < -0.4 is 10.2 Å². The number of ether oxygens (including phenoxy) is 1. The highest BCUT2D eigenvalue weighted by atomic mass is 35.5. The number of benzene rings is 1. The van der Waals surface area contributed by atoms with E-state index in [4.69, 9.17) is 16.3 Å². The van der Waals surface area contributed by atoms with E-state index in [-0.39, 0.29) is 29.9 Å². The second kappa shape index (κ2) is 8.34. The van der Waals surface area contributed by atoms with Crippen molar-refractivity contribution in [1.29, 1.82) is 0 Å². The Bertz CT molecular complexity index is 1010. The minimum Gasteiger partial charge on any atom is -0.464 e. The summed E-state index contributed by atoms with van der Waals surface area (Å²) < 4.78 is 6.16. The monoisotopic (exact) mass is 444 g/mol. The van der Waals surface area contributed by atoms with Gasteiger partial charge in [-0.25, -0.2) is 4.79 Å². The van der Waals surface area contributed by atoms with Crippen molar-refractivity contribution in [1.82, 2.24) is 15.1 Å².